The van der Waals surface area contributed by atoms with Crippen molar-refractivity contribution in [1.29, 1.82) is 0 Å². The summed E-state index contributed by atoms with van der Waals surface area (Å²) in [5, 5.41) is 0. The second-order valence-corrected chi connectivity index (χ2v) is 6.31. The number of carbonyl (C=O) groups excluding carboxylic acids is 2. The molecule has 1 heterocycles. The predicted octanol–water partition coefficient (Wildman–Crippen LogP) is 2.13. The Morgan fingerprint density at radius 2 is 1.72 bits per heavy atom. The normalized spacial score (nSPS) is 10.4. The predicted molar refractivity (Wildman–Crippen MR) is 106 cm³/mol. The molecule has 0 amide bonds. The van der Waals surface area contributed by atoms with Crippen LogP contribution in [0.5, 0.6) is 0 Å². The summed E-state index contributed by atoms with van der Waals surface area (Å²) in [4.78, 5) is 46.1. The van der Waals surface area contributed by atoms with Crippen molar-refractivity contribution in [2.45, 2.75) is 20.5 Å². The average molecular weight is 393 g/mol. The first-order valence-electron chi connectivity index (χ1n) is 8.76. The highest BCUT2D eigenvalue weighted by Crippen LogP contribution is 2.19. The molecule has 3 rings (SSSR count). The van der Waals surface area contributed by atoms with Crippen molar-refractivity contribution < 1.29 is 19.2 Å². The maximum absolute atomic E-state index is 12.9. The topological polar surface area (TPSA) is 114 Å². The lowest BCUT2D eigenvalue weighted by molar-refractivity contribution is -0.141. The van der Waals surface area contributed by atoms with Crippen LogP contribution in [-0.4, -0.2) is 21.7 Å². The summed E-state index contributed by atoms with van der Waals surface area (Å²) in [6, 6.07) is 16.0. The van der Waals surface area contributed by atoms with Crippen LogP contribution in [0, 0.1) is 6.92 Å². The summed E-state index contributed by atoms with van der Waals surface area (Å²) in [6.45, 7) is 2.98. The van der Waals surface area contributed by atoms with E-state index in [0.29, 0.717) is 10.3 Å². The third-order valence-electron chi connectivity index (χ3n) is 4.02. The van der Waals surface area contributed by atoms with Crippen molar-refractivity contribution in [2.75, 3.05) is 5.73 Å². The Kier molecular flexibility index (Phi) is 5.73. The second-order valence-electron chi connectivity index (χ2n) is 6.31. The first-order chi connectivity index (χ1) is 13.9. The molecule has 0 atom stereocenters. The molecule has 8 heteroatoms. The van der Waals surface area contributed by atoms with E-state index in [2.05, 4.69) is 4.98 Å². The van der Waals surface area contributed by atoms with Crippen LogP contribution in [0.25, 0.3) is 11.4 Å². The molecule has 0 aliphatic rings. The van der Waals surface area contributed by atoms with Gasteiger partial charge in [0.15, 0.2) is 11.4 Å². The molecule has 0 radical (unpaired) electrons. The van der Waals surface area contributed by atoms with Crippen molar-refractivity contribution >= 4 is 17.8 Å². The molecule has 0 saturated carbocycles. The SMILES string of the molecule is CC(=O)On1c(-c2ccc(C)cc2)nc(N)c(C(=O)OCc2ccccc2)c1=O. The molecular weight excluding hydrogens is 374 g/mol. The molecule has 29 heavy (non-hydrogen) atoms. The van der Waals surface area contributed by atoms with Gasteiger partial charge in [0.2, 0.25) is 0 Å². The number of benzene rings is 2. The van der Waals surface area contributed by atoms with Crippen LogP contribution < -0.4 is 16.1 Å². The Hall–Kier alpha value is -3.94. The van der Waals surface area contributed by atoms with Crippen LogP contribution in [0.2, 0.25) is 0 Å². The highest BCUT2D eigenvalue weighted by molar-refractivity contribution is 5.94. The minimum absolute atomic E-state index is 0.00214. The Morgan fingerprint density at radius 3 is 2.34 bits per heavy atom. The molecule has 0 unspecified atom stereocenters. The first kappa shape index (κ1) is 19.8. The summed E-state index contributed by atoms with van der Waals surface area (Å²) in [6.07, 6.45) is 0. The molecule has 2 N–H and O–H groups in total. The largest absolute Gasteiger partial charge is 0.457 e. The van der Waals surface area contributed by atoms with E-state index in [-0.39, 0.29) is 18.2 Å². The van der Waals surface area contributed by atoms with Gasteiger partial charge in [0.1, 0.15) is 12.4 Å². The number of nitrogens with two attached hydrogens (primary N) is 1. The maximum Gasteiger partial charge on any atom is 0.348 e. The highest BCUT2D eigenvalue weighted by Gasteiger charge is 2.24. The van der Waals surface area contributed by atoms with Crippen LogP contribution >= 0.6 is 0 Å². The smallest absolute Gasteiger partial charge is 0.348 e. The summed E-state index contributed by atoms with van der Waals surface area (Å²) in [5.41, 5.74) is 6.68. The summed E-state index contributed by atoms with van der Waals surface area (Å²) in [7, 11) is 0. The van der Waals surface area contributed by atoms with Gasteiger partial charge in [-0.3, -0.25) is 4.79 Å². The van der Waals surface area contributed by atoms with E-state index in [1.54, 1.807) is 48.5 Å². The summed E-state index contributed by atoms with van der Waals surface area (Å²) >= 11 is 0. The fourth-order valence-corrected chi connectivity index (χ4v) is 2.61. The summed E-state index contributed by atoms with van der Waals surface area (Å²) in [5.74, 6) is -2.02. The van der Waals surface area contributed by atoms with Crippen molar-refractivity contribution in [3.05, 3.63) is 81.6 Å². The van der Waals surface area contributed by atoms with E-state index >= 15 is 0 Å². The lowest BCUT2D eigenvalue weighted by Crippen LogP contribution is -2.36. The van der Waals surface area contributed by atoms with Gasteiger partial charge >= 0.3 is 17.5 Å². The zero-order valence-electron chi connectivity index (χ0n) is 15.9. The number of aryl methyl sites for hydroxylation is 1. The van der Waals surface area contributed by atoms with Gasteiger partial charge in [-0.1, -0.05) is 60.2 Å². The molecule has 2 aromatic carbocycles. The minimum atomic E-state index is -0.958. The lowest BCUT2D eigenvalue weighted by Gasteiger charge is -2.14. The number of anilines is 1. The third kappa shape index (κ3) is 4.49. The standard InChI is InChI=1S/C21H19N3O5/c1-13-8-10-16(11-9-13)19-23-18(22)17(20(26)24(19)29-14(2)25)21(27)28-12-15-6-4-3-5-7-15/h3-11H,12,22H2,1-2H3. The van der Waals surface area contributed by atoms with Crippen molar-refractivity contribution in [1.82, 2.24) is 9.71 Å². The number of hydrogen-bond acceptors (Lipinski definition) is 7. The lowest BCUT2D eigenvalue weighted by atomic mass is 10.1. The number of rotatable bonds is 5. The number of nitrogens with zero attached hydrogens (tertiary/aromatic N) is 2. The van der Waals surface area contributed by atoms with Crippen LogP contribution in [0.3, 0.4) is 0 Å². The van der Waals surface area contributed by atoms with Gasteiger partial charge in [0.25, 0.3) is 0 Å². The number of hydrogen-bond donors (Lipinski definition) is 1. The fourth-order valence-electron chi connectivity index (χ4n) is 2.61. The van der Waals surface area contributed by atoms with Crippen LogP contribution in [0.15, 0.2) is 59.4 Å². The minimum Gasteiger partial charge on any atom is -0.457 e. The van der Waals surface area contributed by atoms with Crippen molar-refractivity contribution in [3.63, 3.8) is 0 Å². The average Bonchev–Trinajstić information content (AvgIpc) is 2.69. The molecule has 8 nitrogen and oxygen atoms in total. The van der Waals surface area contributed by atoms with Gasteiger partial charge in [-0.2, -0.15) is 0 Å². The van der Waals surface area contributed by atoms with E-state index in [4.69, 9.17) is 15.3 Å². The van der Waals surface area contributed by atoms with Crippen molar-refractivity contribution in [3.8, 4) is 11.4 Å². The van der Waals surface area contributed by atoms with E-state index in [1.165, 1.54) is 0 Å². The Morgan fingerprint density at radius 1 is 1.07 bits per heavy atom. The van der Waals surface area contributed by atoms with Crippen LogP contribution in [0.4, 0.5) is 5.82 Å². The van der Waals surface area contributed by atoms with Gasteiger partial charge in [-0.25, -0.2) is 14.6 Å². The molecule has 0 aliphatic carbocycles. The summed E-state index contributed by atoms with van der Waals surface area (Å²) < 4.78 is 5.84. The third-order valence-corrected chi connectivity index (χ3v) is 4.02. The molecule has 148 valence electrons. The number of esters is 1. The van der Waals surface area contributed by atoms with E-state index in [9.17, 15) is 14.4 Å². The zero-order valence-corrected chi connectivity index (χ0v) is 15.9. The van der Waals surface area contributed by atoms with Gasteiger partial charge in [-0.15, -0.1) is 4.73 Å². The fraction of sp³-hybridized carbons (Fsp3) is 0.143. The number of nitrogen functional groups attached to an aromatic ring is 1. The molecule has 3 aromatic rings. The number of carbonyl (C=O) groups is 2. The molecule has 0 bridgehead atoms. The van der Waals surface area contributed by atoms with Crippen LogP contribution in [0.1, 0.15) is 28.4 Å². The maximum atomic E-state index is 12.9. The van der Waals surface area contributed by atoms with Gasteiger partial charge in [-0.05, 0) is 12.5 Å². The Balaban J connectivity index is 2.02. The molecule has 0 saturated heterocycles. The second kappa shape index (κ2) is 8.39. The van der Waals surface area contributed by atoms with Gasteiger partial charge < -0.3 is 15.3 Å². The Labute approximate surface area is 166 Å². The Bertz CT molecular complexity index is 1110. The molecule has 0 fully saturated rings. The molecule has 0 spiro atoms. The number of ether oxygens (including phenoxy) is 1. The zero-order chi connectivity index (χ0) is 21.0. The van der Waals surface area contributed by atoms with Crippen molar-refractivity contribution in [2.24, 2.45) is 0 Å². The highest BCUT2D eigenvalue weighted by atomic mass is 16.7. The molecule has 1 aromatic heterocycles. The van der Waals surface area contributed by atoms with Crippen LogP contribution in [-0.2, 0) is 16.1 Å². The van der Waals surface area contributed by atoms with Gasteiger partial charge in [0, 0.05) is 12.5 Å². The van der Waals surface area contributed by atoms with E-state index in [1.807, 2.05) is 13.0 Å². The number of aromatic nitrogens is 2. The van der Waals surface area contributed by atoms with Gasteiger partial charge in [0.05, 0.1) is 0 Å². The molecule has 0 aliphatic heterocycles. The first-order valence-corrected chi connectivity index (χ1v) is 8.76. The monoisotopic (exact) mass is 393 g/mol. The van der Waals surface area contributed by atoms with E-state index < -0.39 is 23.1 Å². The molecular formula is C21H19N3O5. The quantitative estimate of drug-likeness (QED) is 0.661. The van der Waals surface area contributed by atoms with E-state index in [0.717, 1.165) is 18.1 Å².